The summed E-state index contributed by atoms with van der Waals surface area (Å²) in [4.78, 5) is 26.2. The zero-order valence-electron chi connectivity index (χ0n) is 13.8. The van der Waals surface area contributed by atoms with Crippen LogP contribution in [-0.4, -0.2) is 38.8 Å². The Morgan fingerprint density at radius 2 is 2.04 bits per heavy atom. The van der Waals surface area contributed by atoms with Gasteiger partial charge in [0.15, 0.2) is 0 Å². The normalized spacial score (nSPS) is 14.4. The second-order valence-corrected chi connectivity index (χ2v) is 5.81. The van der Waals surface area contributed by atoms with Gasteiger partial charge in [-0.2, -0.15) is 0 Å². The van der Waals surface area contributed by atoms with E-state index in [0.29, 0.717) is 18.9 Å². The van der Waals surface area contributed by atoms with Gasteiger partial charge in [-0.15, -0.1) is 0 Å². The first-order valence-electron chi connectivity index (χ1n) is 7.76. The number of aryl methyl sites for hydroxylation is 1. The Morgan fingerprint density at radius 1 is 1.25 bits per heavy atom. The molecule has 0 unspecified atom stereocenters. The van der Waals surface area contributed by atoms with Crippen molar-refractivity contribution in [2.45, 2.75) is 20.3 Å². The molecule has 7 heteroatoms. The lowest BCUT2D eigenvalue weighted by molar-refractivity contribution is -0.128. The van der Waals surface area contributed by atoms with Crippen LogP contribution in [-0.2, 0) is 4.79 Å². The fourth-order valence-corrected chi connectivity index (χ4v) is 2.90. The number of hydrogen-bond acceptors (Lipinski definition) is 6. The van der Waals surface area contributed by atoms with Gasteiger partial charge in [-0.25, -0.2) is 15.0 Å². The summed E-state index contributed by atoms with van der Waals surface area (Å²) in [6, 6.07) is 3.65. The molecule has 0 saturated heterocycles. The summed E-state index contributed by atoms with van der Waals surface area (Å²) in [6.07, 6.45) is 4.47. The Hall–Kier alpha value is -2.96. The summed E-state index contributed by atoms with van der Waals surface area (Å²) in [5.41, 5.74) is 16.0. The molecule has 3 rings (SSSR count). The number of hydrogen-bond donors (Lipinski definition) is 2. The molecule has 0 fully saturated rings. The van der Waals surface area contributed by atoms with Crippen molar-refractivity contribution < 1.29 is 4.79 Å². The van der Waals surface area contributed by atoms with Crippen LogP contribution >= 0.6 is 0 Å². The molecular formula is C17H20N6O. The number of anilines is 2. The summed E-state index contributed by atoms with van der Waals surface area (Å²) in [5.74, 6) is 0.777. The molecule has 0 spiro atoms. The monoisotopic (exact) mass is 324 g/mol. The largest absolute Gasteiger partial charge is 0.384 e. The van der Waals surface area contributed by atoms with Crippen LogP contribution in [0.3, 0.4) is 0 Å². The van der Waals surface area contributed by atoms with Gasteiger partial charge in [0.1, 0.15) is 5.82 Å². The van der Waals surface area contributed by atoms with Crippen LogP contribution in [0.15, 0.2) is 24.4 Å². The Bertz CT molecular complexity index is 813. The van der Waals surface area contributed by atoms with E-state index in [4.69, 9.17) is 11.5 Å². The number of nitrogen functional groups attached to an aromatic ring is 2. The van der Waals surface area contributed by atoms with Crippen molar-refractivity contribution >= 4 is 23.2 Å². The molecule has 3 heterocycles. The number of carbonyl (C=O) groups is 1. The molecule has 2 aromatic rings. The van der Waals surface area contributed by atoms with Crippen LogP contribution < -0.4 is 11.5 Å². The fraction of sp³-hybridized carbons (Fsp3) is 0.294. The summed E-state index contributed by atoms with van der Waals surface area (Å²) in [7, 11) is 0. The average molecular weight is 324 g/mol. The van der Waals surface area contributed by atoms with E-state index in [1.54, 1.807) is 24.1 Å². The molecular weight excluding hydrogens is 304 g/mol. The molecule has 0 aliphatic carbocycles. The molecule has 0 radical (unpaired) electrons. The SMILES string of the molecule is CC(=O)N1CC=C(c2nc(N)nc(C)c2-c2ccc(N)nc2)CC1. The van der Waals surface area contributed by atoms with E-state index in [9.17, 15) is 4.79 Å². The van der Waals surface area contributed by atoms with Gasteiger partial charge in [-0.05, 0) is 31.1 Å². The molecule has 4 N–H and O–H groups in total. The van der Waals surface area contributed by atoms with Gasteiger partial charge in [-0.1, -0.05) is 6.08 Å². The summed E-state index contributed by atoms with van der Waals surface area (Å²) < 4.78 is 0. The van der Waals surface area contributed by atoms with Crippen molar-refractivity contribution in [3.05, 3.63) is 35.8 Å². The van der Waals surface area contributed by atoms with E-state index >= 15 is 0 Å². The Labute approximate surface area is 140 Å². The molecule has 0 bridgehead atoms. The van der Waals surface area contributed by atoms with E-state index in [0.717, 1.165) is 34.5 Å². The van der Waals surface area contributed by atoms with Crippen molar-refractivity contribution in [2.75, 3.05) is 24.6 Å². The standard InChI is InChI=1S/C17H20N6O/c1-10-15(13-3-4-14(18)20-9-13)16(22-17(19)21-10)12-5-7-23(8-6-12)11(2)24/h3-5,9H,6-8H2,1-2H3,(H2,18,20)(H2,19,21,22). The molecule has 0 saturated carbocycles. The van der Waals surface area contributed by atoms with Gasteiger partial charge in [0.25, 0.3) is 0 Å². The predicted molar refractivity (Wildman–Crippen MR) is 93.7 cm³/mol. The lowest BCUT2D eigenvalue weighted by atomic mass is 9.95. The lowest BCUT2D eigenvalue weighted by Gasteiger charge is -2.26. The summed E-state index contributed by atoms with van der Waals surface area (Å²) >= 11 is 0. The average Bonchev–Trinajstić information content (AvgIpc) is 2.55. The first-order valence-corrected chi connectivity index (χ1v) is 7.76. The fourth-order valence-electron chi connectivity index (χ4n) is 2.90. The van der Waals surface area contributed by atoms with Gasteiger partial charge >= 0.3 is 0 Å². The highest BCUT2D eigenvalue weighted by molar-refractivity contribution is 5.82. The molecule has 1 amide bonds. The van der Waals surface area contributed by atoms with E-state index in [1.807, 2.05) is 19.1 Å². The molecule has 7 nitrogen and oxygen atoms in total. The van der Waals surface area contributed by atoms with Crippen LogP contribution in [0.25, 0.3) is 16.7 Å². The van der Waals surface area contributed by atoms with Crippen LogP contribution in [0, 0.1) is 6.92 Å². The zero-order valence-corrected chi connectivity index (χ0v) is 13.8. The molecule has 124 valence electrons. The number of carbonyl (C=O) groups excluding carboxylic acids is 1. The topological polar surface area (TPSA) is 111 Å². The number of pyridine rings is 1. The zero-order chi connectivity index (χ0) is 17.3. The van der Waals surface area contributed by atoms with Gasteiger partial charge in [0, 0.05) is 37.3 Å². The van der Waals surface area contributed by atoms with Crippen LogP contribution in [0.5, 0.6) is 0 Å². The van der Waals surface area contributed by atoms with Crippen LogP contribution in [0.2, 0.25) is 0 Å². The molecule has 2 aromatic heterocycles. The van der Waals surface area contributed by atoms with Gasteiger partial charge < -0.3 is 16.4 Å². The van der Waals surface area contributed by atoms with E-state index in [-0.39, 0.29) is 11.9 Å². The van der Waals surface area contributed by atoms with Gasteiger partial charge in [0.2, 0.25) is 11.9 Å². The molecule has 24 heavy (non-hydrogen) atoms. The maximum absolute atomic E-state index is 11.5. The van der Waals surface area contributed by atoms with Gasteiger partial charge in [0.05, 0.1) is 11.4 Å². The number of aromatic nitrogens is 3. The Kier molecular flexibility index (Phi) is 4.16. The molecule has 1 aliphatic rings. The molecule has 1 aliphatic heterocycles. The summed E-state index contributed by atoms with van der Waals surface area (Å²) in [5, 5.41) is 0. The Balaban J connectivity index is 2.08. The minimum Gasteiger partial charge on any atom is -0.384 e. The summed E-state index contributed by atoms with van der Waals surface area (Å²) in [6.45, 7) is 4.73. The Morgan fingerprint density at radius 3 is 2.62 bits per heavy atom. The number of nitrogens with two attached hydrogens (primary N) is 2. The lowest BCUT2D eigenvalue weighted by Crippen LogP contribution is -2.32. The first kappa shape index (κ1) is 15.9. The highest BCUT2D eigenvalue weighted by Gasteiger charge is 2.21. The molecule has 0 atom stereocenters. The van der Waals surface area contributed by atoms with E-state index < -0.39 is 0 Å². The van der Waals surface area contributed by atoms with Crippen molar-refractivity contribution in [1.29, 1.82) is 0 Å². The van der Waals surface area contributed by atoms with Gasteiger partial charge in [-0.3, -0.25) is 4.79 Å². The maximum Gasteiger partial charge on any atom is 0.220 e. The van der Waals surface area contributed by atoms with E-state index in [2.05, 4.69) is 15.0 Å². The second-order valence-electron chi connectivity index (χ2n) is 5.81. The first-order chi connectivity index (χ1) is 11.5. The van der Waals surface area contributed by atoms with Crippen molar-refractivity contribution in [2.24, 2.45) is 0 Å². The van der Waals surface area contributed by atoms with Crippen molar-refractivity contribution in [3.8, 4) is 11.1 Å². The van der Waals surface area contributed by atoms with Crippen LogP contribution in [0.4, 0.5) is 11.8 Å². The van der Waals surface area contributed by atoms with Crippen molar-refractivity contribution in [3.63, 3.8) is 0 Å². The highest BCUT2D eigenvalue weighted by Crippen LogP contribution is 2.33. The van der Waals surface area contributed by atoms with Crippen molar-refractivity contribution in [1.82, 2.24) is 19.9 Å². The second kappa shape index (κ2) is 6.27. The predicted octanol–water partition coefficient (Wildman–Crippen LogP) is 1.65. The third-order valence-electron chi connectivity index (χ3n) is 4.14. The molecule has 0 aromatic carbocycles. The third-order valence-corrected chi connectivity index (χ3v) is 4.14. The maximum atomic E-state index is 11.5. The smallest absolute Gasteiger partial charge is 0.220 e. The quantitative estimate of drug-likeness (QED) is 0.869. The minimum atomic E-state index is 0.0756. The van der Waals surface area contributed by atoms with E-state index in [1.165, 1.54) is 0 Å². The number of rotatable bonds is 2. The van der Waals surface area contributed by atoms with Crippen LogP contribution in [0.1, 0.15) is 24.7 Å². The minimum absolute atomic E-state index is 0.0756. The third kappa shape index (κ3) is 3.05. The highest BCUT2D eigenvalue weighted by atomic mass is 16.2. The number of nitrogens with zero attached hydrogens (tertiary/aromatic N) is 4. The number of amides is 1.